The molecule has 0 spiro atoms. The summed E-state index contributed by atoms with van der Waals surface area (Å²) in [6.45, 7) is 16.6. The summed E-state index contributed by atoms with van der Waals surface area (Å²) in [5, 5.41) is 9.04. The minimum atomic E-state index is -0.164. The summed E-state index contributed by atoms with van der Waals surface area (Å²) in [4.78, 5) is 0. The lowest BCUT2D eigenvalue weighted by atomic mass is 9.67. The Morgan fingerprint density at radius 1 is 0.941 bits per heavy atom. The first-order valence-electron chi connectivity index (χ1n) is 6.83. The monoisotopic (exact) mass is 244 g/mol. The zero-order valence-corrected chi connectivity index (χ0v) is 12.9. The molecule has 2 nitrogen and oxygen atoms in total. The summed E-state index contributed by atoms with van der Waals surface area (Å²) >= 11 is 0. The van der Waals surface area contributed by atoms with Crippen molar-refractivity contribution in [2.45, 2.75) is 73.3 Å². The summed E-state index contributed by atoms with van der Waals surface area (Å²) < 4.78 is 5.99. The molecule has 0 fully saturated rings. The Morgan fingerprint density at radius 3 is 1.82 bits per heavy atom. The Kier molecular flexibility index (Phi) is 6.16. The number of aliphatic hydroxyl groups excluding tert-OH is 1. The Morgan fingerprint density at radius 2 is 1.47 bits per heavy atom. The van der Waals surface area contributed by atoms with Crippen LogP contribution in [0.15, 0.2) is 0 Å². The fourth-order valence-electron chi connectivity index (χ4n) is 1.52. The van der Waals surface area contributed by atoms with E-state index in [-0.39, 0.29) is 23.0 Å². The van der Waals surface area contributed by atoms with Gasteiger partial charge in [0.15, 0.2) is 0 Å². The van der Waals surface area contributed by atoms with Gasteiger partial charge in [0, 0.05) is 13.2 Å². The van der Waals surface area contributed by atoms with Crippen molar-refractivity contribution in [2.75, 3.05) is 13.2 Å². The Balaban J connectivity index is 4.22. The van der Waals surface area contributed by atoms with Crippen LogP contribution in [0.5, 0.6) is 0 Å². The highest BCUT2D eigenvalue weighted by Crippen LogP contribution is 2.41. The minimum Gasteiger partial charge on any atom is -0.396 e. The second-order valence-electron chi connectivity index (χ2n) is 7.01. The average Bonchev–Trinajstić information content (AvgIpc) is 2.16. The Bertz CT molecular complexity index is 215. The maximum Gasteiger partial charge on any atom is 0.0673 e. The van der Waals surface area contributed by atoms with Crippen LogP contribution in [0.3, 0.4) is 0 Å². The zero-order valence-electron chi connectivity index (χ0n) is 12.9. The van der Waals surface area contributed by atoms with E-state index in [1.807, 2.05) is 0 Å². The first kappa shape index (κ1) is 16.9. The van der Waals surface area contributed by atoms with Gasteiger partial charge < -0.3 is 9.84 Å². The van der Waals surface area contributed by atoms with Crippen molar-refractivity contribution in [3.8, 4) is 0 Å². The molecule has 0 aromatic rings. The number of ether oxygens (including phenoxy) is 1. The number of hydrogen-bond donors (Lipinski definition) is 1. The van der Waals surface area contributed by atoms with Gasteiger partial charge in [-0.3, -0.25) is 0 Å². The molecule has 1 atom stereocenters. The highest BCUT2D eigenvalue weighted by Gasteiger charge is 2.33. The third-order valence-electron chi connectivity index (χ3n) is 4.60. The smallest absolute Gasteiger partial charge is 0.0673 e. The average molecular weight is 244 g/mol. The standard InChI is InChI=1S/C15H32O2/c1-8-15(7,9-11-16)17-12-10-14(5,6)13(2,3)4/h16H,8-12H2,1-7H3. The molecule has 0 aliphatic heterocycles. The van der Waals surface area contributed by atoms with Crippen LogP contribution in [-0.2, 0) is 4.74 Å². The van der Waals surface area contributed by atoms with Crippen LogP contribution in [-0.4, -0.2) is 23.9 Å². The summed E-state index contributed by atoms with van der Waals surface area (Å²) in [5.41, 5.74) is 0.388. The molecule has 0 aromatic heterocycles. The highest BCUT2D eigenvalue weighted by molar-refractivity contribution is 4.83. The number of hydrogen-bond acceptors (Lipinski definition) is 2. The third-order valence-corrected chi connectivity index (χ3v) is 4.60. The summed E-state index contributed by atoms with van der Waals surface area (Å²) in [6.07, 6.45) is 2.72. The van der Waals surface area contributed by atoms with E-state index >= 15 is 0 Å². The normalized spacial score (nSPS) is 16.9. The predicted molar refractivity (Wildman–Crippen MR) is 74.2 cm³/mol. The van der Waals surface area contributed by atoms with Gasteiger partial charge in [0.05, 0.1) is 5.60 Å². The van der Waals surface area contributed by atoms with E-state index in [0.29, 0.717) is 0 Å². The highest BCUT2D eigenvalue weighted by atomic mass is 16.5. The lowest BCUT2D eigenvalue weighted by Gasteiger charge is -2.40. The van der Waals surface area contributed by atoms with Crippen LogP contribution in [0.1, 0.15) is 67.7 Å². The molecule has 0 rings (SSSR count). The van der Waals surface area contributed by atoms with Crippen LogP contribution in [0.2, 0.25) is 0 Å². The molecule has 1 unspecified atom stereocenters. The van der Waals surface area contributed by atoms with E-state index in [2.05, 4.69) is 48.5 Å². The van der Waals surface area contributed by atoms with Gasteiger partial charge >= 0.3 is 0 Å². The molecule has 1 N–H and O–H groups in total. The second kappa shape index (κ2) is 6.19. The van der Waals surface area contributed by atoms with E-state index in [9.17, 15) is 0 Å². The molecule has 0 aromatic carbocycles. The van der Waals surface area contributed by atoms with E-state index in [0.717, 1.165) is 25.9 Å². The van der Waals surface area contributed by atoms with E-state index in [4.69, 9.17) is 9.84 Å². The van der Waals surface area contributed by atoms with E-state index in [1.54, 1.807) is 0 Å². The summed E-state index contributed by atoms with van der Waals surface area (Å²) in [5.74, 6) is 0. The van der Waals surface area contributed by atoms with Crippen LogP contribution in [0.4, 0.5) is 0 Å². The molecule has 0 radical (unpaired) electrons. The molecular formula is C15H32O2. The Hall–Kier alpha value is -0.0800. The quantitative estimate of drug-likeness (QED) is 0.733. The Labute approximate surface area is 108 Å². The fourth-order valence-corrected chi connectivity index (χ4v) is 1.52. The number of aliphatic hydroxyl groups is 1. The number of rotatable bonds is 7. The molecule has 17 heavy (non-hydrogen) atoms. The molecule has 0 aliphatic rings. The molecule has 2 heteroatoms. The third kappa shape index (κ3) is 5.39. The van der Waals surface area contributed by atoms with Gasteiger partial charge in [-0.15, -0.1) is 0 Å². The van der Waals surface area contributed by atoms with Gasteiger partial charge in [-0.1, -0.05) is 41.5 Å². The van der Waals surface area contributed by atoms with E-state index < -0.39 is 0 Å². The van der Waals surface area contributed by atoms with Gasteiger partial charge in [0.1, 0.15) is 0 Å². The summed E-state index contributed by atoms with van der Waals surface area (Å²) in [7, 11) is 0. The maximum absolute atomic E-state index is 9.04. The summed E-state index contributed by atoms with van der Waals surface area (Å²) in [6, 6.07) is 0. The van der Waals surface area contributed by atoms with Crippen molar-refractivity contribution in [1.82, 2.24) is 0 Å². The molecule has 0 bridgehead atoms. The maximum atomic E-state index is 9.04. The first-order chi connectivity index (χ1) is 7.58. The van der Waals surface area contributed by atoms with Crippen molar-refractivity contribution in [1.29, 1.82) is 0 Å². The molecular weight excluding hydrogens is 212 g/mol. The molecule has 0 heterocycles. The van der Waals surface area contributed by atoms with Crippen LogP contribution in [0.25, 0.3) is 0 Å². The van der Waals surface area contributed by atoms with Gasteiger partial charge in [0.25, 0.3) is 0 Å². The lowest BCUT2D eigenvalue weighted by Crippen LogP contribution is -2.34. The second-order valence-corrected chi connectivity index (χ2v) is 7.01. The van der Waals surface area contributed by atoms with Crippen LogP contribution < -0.4 is 0 Å². The molecule has 0 saturated carbocycles. The van der Waals surface area contributed by atoms with Crippen molar-refractivity contribution >= 4 is 0 Å². The van der Waals surface area contributed by atoms with Crippen molar-refractivity contribution in [2.24, 2.45) is 10.8 Å². The SMILES string of the molecule is CCC(C)(CCO)OCCC(C)(C)C(C)(C)C. The van der Waals surface area contributed by atoms with Gasteiger partial charge in [0.2, 0.25) is 0 Å². The molecule has 0 saturated heterocycles. The van der Waals surface area contributed by atoms with Crippen LogP contribution in [0, 0.1) is 10.8 Å². The van der Waals surface area contributed by atoms with Crippen molar-refractivity contribution in [3.05, 3.63) is 0 Å². The minimum absolute atomic E-state index is 0.164. The van der Waals surface area contributed by atoms with Gasteiger partial charge in [-0.05, 0) is 37.0 Å². The first-order valence-corrected chi connectivity index (χ1v) is 6.83. The van der Waals surface area contributed by atoms with Gasteiger partial charge in [-0.25, -0.2) is 0 Å². The van der Waals surface area contributed by atoms with E-state index in [1.165, 1.54) is 0 Å². The predicted octanol–water partition coefficient (Wildman–Crippen LogP) is 4.02. The van der Waals surface area contributed by atoms with Crippen LogP contribution >= 0.6 is 0 Å². The van der Waals surface area contributed by atoms with Crippen molar-refractivity contribution in [3.63, 3.8) is 0 Å². The fraction of sp³-hybridized carbons (Fsp3) is 1.00. The lowest BCUT2D eigenvalue weighted by molar-refractivity contribution is -0.0659. The zero-order chi connectivity index (χ0) is 13.7. The van der Waals surface area contributed by atoms with Gasteiger partial charge in [-0.2, -0.15) is 0 Å². The van der Waals surface area contributed by atoms with Crippen molar-refractivity contribution < 1.29 is 9.84 Å². The molecule has 0 amide bonds. The largest absolute Gasteiger partial charge is 0.396 e. The molecule has 104 valence electrons. The molecule has 0 aliphatic carbocycles. The topological polar surface area (TPSA) is 29.5 Å².